The molecular weight excluding hydrogens is 242 g/mol. The highest BCUT2D eigenvalue weighted by Crippen LogP contribution is 2.28. The molecule has 1 aliphatic rings. The summed E-state index contributed by atoms with van der Waals surface area (Å²) in [4.78, 5) is 19.3. The van der Waals surface area contributed by atoms with Crippen molar-refractivity contribution < 1.29 is 9.90 Å². The zero-order valence-electron chi connectivity index (χ0n) is 9.32. The van der Waals surface area contributed by atoms with Gasteiger partial charge >= 0.3 is 0 Å². The first-order valence-corrected chi connectivity index (χ1v) is 5.95. The van der Waals surface area contributed by atoms with E-state index < -0.39 is 5.60 Å². The minimum Gasteiger partial charge on any atom is -0.388 e. The highest BCUT2D eigenvalue weighted by molar-refractivity contribution is 6.33. The van der Waals surface area contributed by atoms with Crippen LogP contribution in [0.5, 0.6) is 0 Å². The van der Waals surface area contributed by atoms with Crippen LogP contribution in [0.25, 0.3) is 0 Å². The summed E-state index contributed by atoms with van der Waals surface area (Å²) in [5.41, 5.74) is -0.627. The van der Waals surface area contributed by atoms with E-state index in [-0.39, 0.29) is 23.2 Å². The van der Waals surface area contributed by atoms with Crippen LogP contribution in [-0.4, -0.2) is 33.1 Å². The molecule has 0 radical (unpaired) electrons. The fourth-order valence-corrected chi connectivity index (χ4v) is 2.21. The number of carbonyl (C=O) groups is 1. The maximum atomic E-state index is 11.8. The van der Waals surface area contributed by atoms with E-state index in [4.69, 9.17) is 11.6 Å². The van der Waals surface area contributed by atoms with E-state index in [0.717, 1.165) is 25.7 Å². The number of nitrogens with zero attached hydrogens (tertiary/aromatic N) is 2. The van der Waals surface area contributed by atoms with Crippen molar-refractivity contribution in [1.82, 2.24) is 15.3 Å². The minimum atomic E-state index is -0.769. The molecule has 92 valence electrons. The van der Waals surface area contributed by atoms with Crippen molar-refractivity contribution in [2.24, 2.45) is 0 Å². The van der Waals surface area contributed by atoms with Gasteiger partial charge in [0, 0.05) is 12.7 Å². The van der Waals surface area contributed by atoms with Crippen LogP contribution in [-0.2, 0) is 0 Å². The largest absolute Gasteiger partial charge is 0.388 e. The molecule has 1 heterocycles. The van der Waals surface area contributed by atoms with Crippen molar-refractivity contribution in [3.05, 3.63) is 23.2 Å². The minimum absolute atomic E-state index is 0.142. The number of amides is 1. The number of carbonyl (C=O) groups excluding carboxylic acids is 1. The molecule has 6 heteroatoms. The molecule has 1 aliphatic carbocycles. The SMILES string of the molecule is O=C(NCC1(O)CCCC1)c1ncncc1Cl. The fourth-order valence-electron chi connectivity index (χ4n) is 2.02. The third-order valence-corrected chi connectivity index (χ3v) is 3.27. The second-order valence-electron chi connectivity index (χ2n) is 4.33. The molecule has 0 aromatic carbocycles. The molecule has 0 unspecified atom stereocenters. The van der Waals surface area contributed by atoms with Gasteiger partial charge in [-0.15, -0.1) is 0 Å². The van der Waals surface area contributed by atoms with E-state index in [0.29, 0.717) is 0 Å². The van der Waals surface area contributed by atoms with Gasteiger partial charge < -0.3 is 10.4 Å². The molecule has 0 aliphatic heterocycles. The van der Waals surface area contributed by atoms with Crippen LogP contribution in [0.15, 0.2) is 12.5 Å². The second kappa shape index (κ2) is 4.98. The molecule has 1 amide bonds. The molecule has 5 nitrogen and oxygen atoms in total. The topological polar surface area (TPSA) is 75.1 Å². The number of aliphatic hydroxyl groups is 1. The predicted molar refractivity (Wildman–Crippen MR) is 62.8 cm³/mol. The number of hydrogen-bond donors (Lipinski definition) is 2. The zero-order valence-corrected chi connectivity index (χ0v) is 10.1. The van der Waals surface area contributed by atoms with Gasteiger partial charge in [0.1, 0.15) is 12.0 Å². The molecule has 0 atom stereocenters. The summed E-state index contributed by atoms with van der Waals surface area (Å²) in [6, 6.07) is 0. The summed E-state index contributed by atoms with van der Waals surface area (Å²) in [5, 5.41) is 12.9. The van der Waals surface area contributed by atoms with Crippen LogP contribution < -0.4 is 5.32 Å². The number of rotatable bonds is 3. The predicted octanol–water partition coefficient (Wildman–Crippen LogP) is 1.16. The third-order valence-electron chi connectivity index (χ3n) is 2.99. The second-order valence-corrected chi connectivity index (χ2v) is 4.74. The molecule has 1 saturated carbocycles. The van der Waals surface area contributed by atoms with Crippen LogP contribution in [0.3, 0.4) is 0 Å². The summed E-state index contributed by atoms with van der Waals surface area (Å²) in [6.07, 6.45) is 6.09. The van der Waals surface area contributed by atoms with Gasteiger partial charge in [-0.25, -0.2) is 9.97 Å². The molecule has 0 spiro atoms. The summed E-state index contributed by atoms with van der Waals surface area (Å²) in [5.74, 6) is -0.377. The number of halogens is 1. The summed E-state index contributed by atoms with van der Waals surface area (Å²) < 4.78 is 0. The van der Waals surface area contributed by atoms with E-state index >= 15 is 0 Å². The van der Waals surface area contributed by atoms with Gasteiger partial charge in [0.15, 0.2) is 0 Å². The highest BCUT2D eigenvalue weighted by atomic mass is 35.5. The van der Waals surface area contributed by atoms with Gasteiger partial charge in [-0.05, 0) is 12.8 Å². The van der Waals surface area contributed by atoms with Crippen LogP contribution in [0, 0.1) is 0 Å². The van der Waals surface area contributed by atoms with Crippen LogP contribution in [0.2, 0.25) is 5.02 Å². The Hall–Kier alpha value is -1.20. The normalized spacial score (nSPS) is 18.0. The van der Waals surface area contributed by atoms with E-state index in [1.807, 2.05) is 0 Å². The lowest BCUT2D eigenvalue weighted by atomic mass is 10.0. The van der Waals surface area contributed by atoms with Crippen molar-refractivity contribution in [3.63, 3.8) is 0 Å². The van der Waals surface area contributed by atoms with Crippen molar-refractivity contribution in [1.29, 1.82) is 0 Å². The smallest absolute Gasteiger partial charge is 0.271 e. The Morgan fingerprint density at radius 2 is 2.24 bits per heavy atom. The van der Waals surface area contributed by atoms with Gasteiger partial charge in [-0.3, -0.25) is 4.79 Å². The van der Waals surface area contributed by atoms with Gasteiger partial charge in [0.25, 0.3) is 5.91 Å². The molecule has 2 rings (SSSR count). The monoisotopic (exact) mass is 255 g/mol. The van der Waals surface area contributed by atoms with E-state index in [2.05, 4.69) is 15.3 Å². The quantitative estimate of drug-likeness (QED) is 0.850. The standard InChI is InChI=1S/C11H14ClN3O2/c12-8-5-13-7-15-9(8)10(16)14-6-11(17)3-1-2-4-11/h5,7,17H,1-4,6H2,(H,14,16). The Morgan fingerprint density at radius 3 is 2.88 bits per heavy atom. The van der Waals surface area contributed by atoms with Gasteiger partial charge in [0.05, 0.1) is 10.6 Å². The summed E-state index contributed by atoms with van der Waals surface area (Å²) in [7, 11) is 0. The van der Waals surface area contributed by atoms with Crippen LogP contribution in [0.4, 0.5) is 0 Å². The Kier molecular flexibility index (Phi) is 3.59. The van der Waals surface area contributed by atoms with Gasteiger partial charge in [-0.2, -0.15) is 0 Å². The Balaban J connectivity index is 1.96. The molecule has 0 saturated heterocycles. The maximum Gasteiger partial charge on any atom is 0.271 e. The Labute approximate surface area is 104 Å². The van der Waals surface area contributed by atoms with Crippen molar-refractivity contribution >= 4 is 17.5 Å². The van der Waals surface area contributed by atoms with Gasteiger partial charge in [0.2, 0.25) is 0 Å². The number of nitrogens with one attached hydrogen (secondary N) is 1. The first kappa shape index (κ1) is 12.3. The molecule has 2 N–H and O–H groups in total. The molecule has 0 bridgehead atoms. The molecule has 1 aromatic rings. The van der Waals surface area contributed by atoms with Crippen LogP contribution in [0.1, 0.15) is 36.2 Å². The number of aromatic nitrogens is 2. The first-order valence-electron chi connectivity index (χ1n) is 5.57. The van der Waals surface area contributed by atoms with Crippen molar-refractivity contribution in [2.45, 2.75) is 31.3 Å². The van der Waals surface area contributed by atoms with E-state index in [9.17, 15) is 9.90 Å². The Bertz CT molecular complexity index is 419. The van der Waals surface area contributed by atoms with E-state index in [1.165, 1.54) is 12.5 Å². The summed E-state index contributed by atoms with van der Waals surface area (Å²) in [6.45, 7) is 0.242. The molecular formula is C11H14ClN3O2. The van der Waals surface area contributed by atoms with E-state index in [1.54, 1.807) is 0 Å². The lowest BCUT2D eigenvalue weighted by Gasteiger charge is -2.22. The first-order chi connectivity index (χ1) is 8.11. The van der Waals surface area contributed by atoms with Crippen molar-refractivity contribution in [3.8, 4) is 0 Å². The van der Waals surface area contributed by atoms with Gasteiger partial charge in [-0.1, -0.05) is 24.4 Å². The highest BCUT2D eigenvalue weighted by Gasteiger charge is 2.31. The zero-order chi connectivity index (χ0) is 12.3. The maximum absolute atomic E-state index is 11.8. The Morgan fingerprint density at radius 1 is 1.53 bits per heavy atom. The average molecular weight is 256 g/mol. The summed E-state index contributed by atoms with van der Waals surface area (Å²) >= 11 is 5.80. The van der Waals surface area contributed by atoms with Crippen LogP contribution >= 0.6 is 11.6 Å². The molecule has 1 fully saturated rings. The fraction of sp³-hybridized carbons (Fsp3) is 0.545. The lowest BCUT2D eigenvalue weighted by molar-refractivity contribution is 0.0448. The number of hydrogen-bond acceptors (Lipinski definition) is 4. The lowest BCUT2D eigenvalue weighted by Crippen LogP contribution is -2.41. The third kappa shape index (κ3) is 2.92. The average Bonchev–Trinajstić information content (AvgIpc) is 2.74. The van der Waals surface area contributed by atoms with Crippen molar-refractivity contribution in [2.75, 3.05) is 6.54 Å². The molecule has 17 heavy (non-hydrogen) atoms. The molecule has 1 aromatic heterocycles.